The lowest BCUT2D eigenvalue weighted by Gasteiger charge is -2.20. The van der Waals surface area contributed by atoms with Crippen LogP contribution >= 0.6 is 0 Å². The molecule has 11 heteroatoms. The minimum atomic E-state index is -1.02. The van der Waals surface area contributed by atoms with Gasteiger partial charge < -0.3 is 24.6 Å². The van der Waals surface area contributed by atoms with E-state index >= 15 is 0 Å². The molecule has 0 radical (unpaired) electrons. The molecule has 3 rings (SSSR count). The average Bonchev–Trinajstić information content (AvgIpc) is 3.16. The molecule has 0 unspecified atom stereocenters. The van der Waals surface area contributed by atoms with Crippen molar-refractivity contribution in [2.24, 2.45) is 12.0 Å². The monoisotopic (exact) mass is 366 g/mol. The summed E-state index contributed by atoms with van der Waals surface area (Å²) in [4.78, 5) is 27.0. The summed E-state index contributed by atoms with van der Waals surface area (Å²) in [6.45, 7) is -0.363. The lowest BCUT2D eigenvalue weighted by Crippen LogP contribution is -2.34. The molecular formula is C15H22N6O5. The van der Waals surface area contributed by atoms with Crippen LogP contribution in [0.15, 0.2) is 16.1 Å². The van der Waals surface area contributed by atoms with Gasteiger partial charge in [0.05, 0.1) is 19.3 Å². The molecule has 1 saturated heterocycles. The predicted octanol–water partition coefficient (Wildman–Crippen LogP) is -1.38. The van der Waals surface area contributed by atoms with Gasteiger partial charge in [0.1, 0.15) is 18.3 Å². The zero-order chi connectivity index (χ0) is 19.0. The van der Waals surface area contributed by atoms with Crippen molar-refractivity contribution in [3.05, 3.63) is 16.7 Å². The molecule has 0 spiro atoms. The van der Waals surface area contributed by atoms with Crippen molar-refractivity contribution in [1.82, 2.24) is 24.0 Å². The quantitative estimate of drug-likeness (QED) is 0.489. The Hall–Kier alpha value is -2.34. The van der Waals surface area contributed by atoms with Crippen LogP contribution in [0, 0.1) is 0 Å². The van der Waals surface area contributed by atoms with Gasteiger partial charge in [-0.1, -0.05) is 0 Å². The molecule has 0 saturated carbocycles. The van der Waals surface area contributed by atoms with Crippen LogP contribution in [0.4, 0.5) is 5.95 Å². The first-order valence-electron chi connectivity index (χ1n) is 8.00. The summed E-state index contributed by atoms with van der Waals surface area (Å²) in [5, 5.41) is 19.6. The van der Waals surface area contributed by atoms with Crippen LogP contribution < -0.4 is 5.56 Å². The van der Waals surface area contributed by atoms with E-state index in [1.54, 1.807) is 26.0 Å². The van der Waals surface area contributed by atoms with Gasteiger partial charge in [-0.25, -0.2) is 9.98 Å². The fraction of sp³-hybridized carbons (Fsp3) is 0.600. The maximum atomic E-state index is 12.6. The average molecular weight is 366 g/mol. The number of aliphatic hydroxyl groups is 2. The number of imidazole rings is 1. The molecule has 2 aromatic rings. The van der Waals surface area contributed by atoms with Crippen molar-refractivity contribution in [3.8, 4) is 0 Å². The van der Waals surface area contributed by atoms with Crippen molar-refractivity contribution >= 4 is 23.5 Å². The Labute approximate surface area is 149 Å². The van der Waals surface area contributed by atoms with Gasteiger partial charge in [0, 0.05) is 28.3 Å². The third kappa shape index (κ3) is 2.98. The van der Waals surface area contributed by atoms with Gasteiger partial charge >= 0.3 is 0 Å². The molecule has 1 fully saturated rings. The lowest BCUT2D eigenvalue weighted by molar-refractivity contribution is -0.0583. The van der Waals surface area contributed by atoms with E-state index in [1.807, 2.05) is 0 Å². The number of hydrogen-bond acceptors (Lipinski definition) is 8. The van der Waals surface area contributed by atoms with E-state index < -0.39 is 24.5 Å². The van der Waals surface area contributed by atoms with Gasteiger partial charge in [-0.3, -0.25) is 13.9 Å². The van der Waals surface area contributed by atoms with Gasteiger partial charge in [-0.05, 0) is 0 Å². The summed E-state index contributed by atoms with van der Waals surface area (Å²) in [5.74, 6) is 0.198. The molecule has 0 bridgehead atoms. The van der Waals surface area contributed by atoms with Crippen LogP contribution in [0.3, 0.4) is 0 Å². The highest BCUT2D eigenvalue weighted by Crippen LogP contribution is 2.32. The second kappa shape index (κ2) is 7.11. The fourth-order valence-corrected chi connectivity index (χ4v) is 2.85. The van der Waals surface area contributed by atoms with Crippen molar-refractivity contribution < 1.29 is 19.7 Å². The standard InChI is InChI=1S/C15H22N6O5/c1-19(2)6-17-15-18-12-9(13(24)20(15)3)16-7-21(12)14-11(25-4)10(23)8(5-22)26-14/h6-8,10-11,14,22-23H,5H2,1-4H3/b17-6+/t8-,10-,11-,14-/m1/s1. The smallest absolute Gasteiger partial charge is 0.282 e. The normalized spacial score (nSPS) is 26.2. The SMILES string of the molecule is CO[C@@H]1[C@H](O)[C@@H](CO)O[C@H]1n1cnc2c(=O)n(C)c(/N=C/N(C)C)nc21. The van der Waals surface area contributed by atoms with Crippen LogP contribution in [-0.4, -0.2) is 86.7 Å². The number of methoxy groups -OCH3 is 1. The highest BCUT2D eigenvalue weighted by Gasteiger charge is 2.45. The topological polar surface area (TPSA) is 127 Å². The number of rotatable bonds is 5. The third-order valence-electron chi connectivity index (χ3n) is 4.22. The van der Waals surface area contributed by atoms with Crippen LogP contribution in [0.25, 0.3) is 11.2 Å². The molecule has 3 heterocycles. The number of aliphatic hydroxyl groups excluding tert-OH is 2. The zero-order valence-corrected chi connectivity index (χ0v) is 15.0. The van der Waals surface area contributed by atoms with E-state index in [0.29, 0.717) is 0 Å². The molecule has 142 valence electrons. The molecule has 11 nitrogen and oxygen atoms in total. The van der Waals surface area contributed by atoms with Gasteiger partial charge in [0.2, 0.25) is 5.95 Å². The summed E-state index contributed by atoms with van der Waals surface area (Å²) >= 11 is 0. The van der Waals surface area contributed by atoms with Gasteiger partial charge in [-0.2, -0.15) is 4.98 Å². The Balaban J connectivity index is 2.12. The van der Waals surface area contributed by atoms with E-state index in [9.17, 15) is 15.0 Å². The molecule has 0 amide bonds. The number of ether oxygens (including phenoxy) is 2. The minimum absolute atomic E-state index is 0.150. The van der Waals surface area contributed by atoms with E-state index in [2.05, 4.69) is 15.0 Å². The van der Waals surface area contributed by atoms with Crippen molar-refractivity contribution in [2.75, 3.05) is 27.8 Å². The van der Waals surface area contributed by atoms with Gasteiger partial charge in [-0.15, -0.1) is 0 Å². The summed E-state index contributed by atoms with van der Waals surface area (Å²) in [5.41, 5.74) is 0.0550. The van der Waals surface area contributed by atoms with Crippen molar-refractivity contribution in [2.45, 2.75) is 24.5 Å². The number of hydrogen-bond donors (Lipinski definition) is 2. The molecule has 26 heavy (non-hydrogen) atoms. The number of fused-ring (bicyclic) bond motifs is 1. The fourth-order valence-electron chi connectivity index (χ4n) is 2.85. The van der Waals surface area contributed by atoms with E-state index in [-0.39, 0.29) is 29.3 Å². The molecule has 2 aromatic heterocycles. The largest absolute Gasteiger partial charge is 0.394 e. The highest BCUT2D eigenvalue weighted by atomic mass is 16.6. The molecular weight excluding hydrogens is 344 g/mol. The number of nitrogens with zero attached hydrogens (tertiary/aromatic N) is 6. The zero-order valence-electron chi connectivity index (χ0n) is 15.0. The molecule has 4 atom stereocenters. The molecule has 0 aromatic carbocycles. The van der Waals surface area contributed by atoms with Crippen LogP contribution in [0.2, 0.25) is 0 Å². The Morgan fingerprint density at radius 3 is 2.85 bits per heavy atom. The van der Waals surface area contributed by atoms with Crippen molar-refractivity contribution in [1.29, 1.82) is 0 Å². The van der Waals surface area contributed by atoms with E-state index in [4.69, 9.17) is 9.47 Å². The van der Waals surface area contributed by atoms with E-state index in [1.165, 1.54) is 28.9 Å². The number of aliphatic imine (C=N–C) groups is 1. The lowest BCUT2D eigenvalue weighted by atomic mass is 10.1. The summed E-state index contributed by atoms with van der Waals surface area (Å²) < 4.78 is 13.8. The predicted molar refractivity (Wildman–Crippen MR) is 92.4 cm³/mol. The second-order valence-electron chi connectivity index (χ2n) is 6.25. The molecule has 0 aliphatic carbocycles. The first-order chi connectivity index (χ1) is 12.4. The van der Waals surface area contributed by atoms with Gasteiger partial charge in [0.15, 0.2) is 17.4 Å². The Morgan fingerprint density at radius 1 is 1.50 bits per heavy atom. The van der Waals surface area contributed by atoms with Crippen molar-refractivity contribution in [3.63, 3.8) is 0 Å². The Morgan fingerprint density at radius 2 is 2.23 bits per heavy atom. The summed E-state index contributed by atoms with van der Waals surface area (Å²) in [6, 6.07) is 0. The maximum absolute atomic E-state index is 12.6. The Bertz CT molecular complexity index is 875. The maximum Gasteiger partial charge on any atom is 0.282 e. The molecule has 1 aliphatic rings. The number of aromatic nitrogens is 4. The third-order valence-corrected chi connectivity index (χ3v) is 4.22. The van der Waals surface area contributed by atoms with Crippen LogP contribution in [0.1, 0.15) is 6.23 Å². The van der Waals surface area contributed by atoms with Gasteiger partial charge in [0.25, 0.3) is 5.56 Å². The van der Waals surface area contributed by atoms with Crippen LogP contribution in [-0.2, 0) is 16.5 Å². The minimum Gasteiger partial charge on any atom is -0.394 e. The summed E-state index contributed by atoms with van der Waals surface area (Å²) in [6.07, 6.45) is -0.428. The summed E-state index contributed by atoms with van der Waals surface area (Å²) in [7, 11) is 6.60. The van der Waals surface area contributed by atoms with E-state index in [0.717, 1.165) is 0 Å². The second-order valence-corrected chi connectivity index (χ2v) is 6.25. The Kier molecular flexibility index (Phi) is 5.05. The van der Waals surface area contributed by atoms with Crippen LogP contribution in [0.5, 0.6) is 0 Å². The molecule has 1 aliphatic heterocycles. The highest BCUT2D eigenvalue weighted by molar-refractivity contribution is 5.71. The first-order valence-corrected chi connectivity index (χ1v) is 8.00. The first kappa shape index (κ1) is 18.5. The molecule has 2 N–H and O–H groups in total.